The van der Waals surface area contributed by atoms with Crippen LogP contribution in [0.4, 0.5) is 0 Å². The van der Waals surface area contributed by atoms with Gasteiger partial charge in [0, 0.05) is 17.7 Å². The van der Waals surface area contributed by atoms with Gasteiger partial charge in [-0.15, -0.1) is 0 Å². The predicted molar refractivity (Wildman–Crippen MR) is 98.5 cm³/mol. The van der Waals surface area contributed by atoms with Crippen LogP contribution in [0.15, 0.2) is 36.5 Å². The number of carboxylic acids is 1. The highest BCUT2D eigenvalue weighted by molar-refractivity contribution is 5.95. The van der Waals surface area contributed by atoms with Crippen LogP contribution in [0, 0.1) is 5.92 Å². The highest BCUT2D eigenvalue weighted by Crippen LogP contribution is 2.28. The fourth-order valence-corrected chi connectivity index (χ4v) is 3.41. The Kier molecular flexibility index (Phi) is 4.85. The van der Waals surface area contributed by atoms with Crippen molar-refractivity contribution in [1.29, 1.82) is 0 Å². The third-order valence-electron chi connectivity index (χ3n) is 4.81. The number of aromatic nitrogens is 2. The summed E-state index contributed by atoms with van der Waals surface area (Å²) in [5.74, 6) is -1.34. The molecule has 1 aliphatic rings. The van der Waals surface area contributed by atoms with Crippen molar-refractivity contribution in [3.8, 4) is 5.69 Å². The second-order valence-corrected chi connectivity index (χ2v) is 7.94. The molecule has 2 aromatic rings. The number of hydrogen-bond donors (Lipinski definition) is 2. The minimum atomic E-state index is -0.783. The number of hydrogen-bond acceptors (Lipinski definition) is 3. The summed E-state index contributed by atoms with van der Waals surface area (Å²) < 4.78 is 1.73. The quantitative estimate of drug-likeness (QED) is 0.882. The molecule has 1 aliphatic carbocycles. The van der Waals surface area contributed by atoms with Gasteiger partial charge >= 0.3 is 5.97 Å². The third kappa shape index (κ3) is 3.79. The van der Waals surface area contributed by atoms with Crippen LogP contribution in [0.1, 0.15) is 56.1 Å². The molecule has 2 atom stereocenters. The lowest BCUT2D eigenvalue weighted by molar-refractivity contribution is -0.141. The average molecular weight is 355 g/mol. The standard InChI is InChI=1S/C20H25N3O3/c1-20(2,3)17-16(12-23(22-17)15-7-5-4-6-8-15)18(24)21-14-10-9-13(11-14)19(25)26/h4-8,12-14H,9-11H2,1-3H3,(H,21,24)(H,25,26)/t13-,14+/m0/s1. The highest BCUT2D eigenvalue weighted by atomic mass is 16.4. The summed E-state index contributed by atoms with van der Waals surface area (Å²) in [6.07, 6.45) is 3.55. The summed E-state index contributed by atoms with van der Waals surface area (Å²) in [4.78, 5) is 24.0. The number of benzene rings is 1. The van der Waals surface area contributed by atoms with Crippen LogP contribution < -0.4 is 5.32 Å². The average Bonchev–Trinajstić information content (AvgIpc) is 3.22. The van der Waals surface area contributed by atoms with E-state index in [4.69, 9.17) is 5.11 Å². The lowest BCUT2D eigenvalue weighted by Gasteiger charge is -2.18. The van der Waals surface area contributed by atoms with Gasteiger partial charge in [0.25, 0.3) is 5.91 Å². The lowest BCUT2D eigenvalue weighted by Crippen LogP contribution is -2.34. The predicted octanol–water partition coefficient (Wildman–Crippen LogP) is 3.15. The minimum Gasteiger partial charge on any atom is -0.481 e. The van der Waals surface area contributed by atoms with E-state index < -0.39 is 5.97 Å². The zero-order valence-electron chi connectivity index (χ0n) is 15.4. The van der Waals surface area contributed by atoms with Crippen LogP contribution in [-0.2, 0) is 10.2 Å². The molecule has 1 fully saturated rings. The molecule has 0 bridgehead atoms. The van der Waals surface area contributed by atoms with Gasteiger partial charge < -0.3 is 10.4 Å². The molecule has 1 saturated carbocycles. The number of aliphatic carboxylic acids is 1. The van der Waals surface area contributed by atoms with Gasteiger partial charge in [-0.2, -0.15) is 5.10 Å². The SMILES string of the molecule is CC(C)(C)c1nn(-c2ccccc2)cc1C(=O)N[C@@H]1CC[C@H](C(=O)O)C1. The lowest BCUT2D eigenvalue weighted by atomic mass is 9.89. The van der Waals surface area contributed by atoms with Gasteiger partial charge in [0.1, 0.15) is 0 Å². The maximum atomic E-state index is 12.9. The molecule has 138 valence electrons. The van der Waals surface area contributed by atoms with E-state index in [0.717, 1.165) is 11.4 Å². The second-order valence-electron chi connectivity index (χ2n) is 7.94. The summed E-state index contributed by atoms with van der Waals surface area (Å²) in [5, 5.41) is 16.8. The molecule has 1 aromatic carbocycles. The molecular weight excluding hydrogens is 330 g/mol. The van der Waals surface area contributed by atoms with Crippen molar-refractivity contribution < 1.29 is 14.7 Å². The number of carbonyl (C=O) groups excluding carboxylic acids is 1. The van der Waals surface area contributed by atoms with Crippen molar-refractivity contribution in [3.05, 3.63) is 47.8 Å². The molecule has 6 heteroatoms. The number of nitrogens with zero attached hydrogens (tertiary/aromatic N) is 2. The van der Waals surface area contributed by atoms with E-state index in [1.54, 1.807) is 10.9 Å². The summed E-state index contributed by atoms with van der Waals surface area (Å²) in [7, 11) is 0. The Hall–Kier alpha value is -2.63. The molecule has 6 nitrogen and oxygen atoms in total. The van der Waals surface area contributed by atoms with E-state index in [-0.39, 0.29) is 23.3 Å². The molecule has 0 aliphatic heterocycles. The minimum absolute atomic E-state index is 0.100. The van der Waals surface area contributed by atoms with E-state index in [1.165, 1.54) is 0 Å². The summed E-state index contributed by atoms with van der Waals surface area (Å²) in [6.45, 7) is 6.08. The zero-order valence-corrected chi connectivity index (χ0v) is 15.4. The smallest absolute Gasteiger partial charge is 0.306 e. The van der Waals surface area contributed by atoms with Crippen LogP contribution in [0.5, 0.6) is 0 Å². The van der Waals surface area contributed by atoms with Crippen LogP contribution in [0.3, 0.4) is 0 Å². The fourth-order valence-electron chi connectivity index (χ4n) is 3.41. The number of carboxylic acid groups (broad SMARTS) is 1. The molecule has 0 unspecified atom stereocenters. The first-order valence-electron chi connectivity index (χ1n) is 8.95. The number of para-hydroxylation sites is 1. The summed E-state index contributed by atoms with van der Waals surface area (Å²) in [6, 6.07) is 9.57. The molecule has 0 radical (unpaired) electrons. The van der Waals surface area contributed by atoms with Gasteiger partial charge in [-0.3, -0.25) is 9.59 Å². The third-order valence-corrected chi connectivity index (χ3v) is 4.81. The Morgan fingerprint density at radius 1 is 1.19 bits per heavy atom. The van der Waals surface area contributed by atoms with Gasteiger partial charge in [-0.05, 0) is 31.4 Å². The van der Waals surface area contributed by atoms with Crippen molar-refractivity contribution >= 4 is 11.9 Å². The zero-order chi connectivity index (χ0) is 18.9. The van der Waals surface area contributed by atoms with Gasteiger partial charge in [-0.25, -0.2) is 4.68 Å². The van der Waals surface area contributed by atoms with Crippen molar-refractivity contribution in [2.75, 3.05) is 0 Å². The topological polar surface area (TPSA) is 84.2 Å². The first kappa shape index (κ1) is 18.2. The van der Waals surface area contributed by atoms with Gasteiger partial charge in [0.2, 0.25) is 0 Å². The maximum absolute atomic E-state index is 12.9. The fraction of sp³-hybridized carbons (Fsp3) is 0.450. The van der Waals surface area contributed by atoms with E-state index in [2.05, 4.69) is 10.4 Å². The molecule has 1 aromatic heterocycles. The Labute approximate surface area is 153 Å². The molecule has 1 heterocycles. The Bertz CT molecular complexity index is 805. The maximum Gasteiger partial charge on any atom is 0.306 e. The van der Waals surface area contributed by atoms with E-state index >= 15 is 0 Å². The van der Waals surface area contributed by atoms with Crippen LogP contribution >= 0.6 is 0 Å². The van der Waals surface area contributed by atoms with Gasteiger partial charge in [-0.1, -0.05) is 39.0 Å². The molecular formula is C20H25N3O3. The largest absolute Gasteiger partial charge is 0.481 e. The van der Waals surface area contributed by atoms with Gasteiger partial charge in [0.05, 0.1) is 22.9 Å². The molecule has 3 rings (SSSR count). The Morgan fingerprint density at radius 3 is 2.46 bits per heavy atom. The Balaban J connectivity index is 1.85. The normalized spacial score (nSPS) is 20.1. The highest BCUT2D eigenvalue weighted by Gasteiger charge is 2.32. The molecule has 2 N–H and O–H groups in total. The van der Waals surface area contributed by atoms with Crippen LogP contribution in [0.25, 0.3) is 5.69 Å². The van der Waals surface area contributed by atoms with Crippen LogP contribution in [0.2, 0.25) is 0 Å². The molecule has 26 heavy (non-hydrogen) atoms. The van der Waals surface area contributed by atoms with Crippen molar-refractivity contribution in [1.82, 2.24) is 15.1 Å². The monoisotopic (exact) mass is 355 g/mol. The first-order chi connectivity index (χ1) is 12.3. The van der Waals surface area contributed by atoms with Crippen LogP contribution in [-0.4, -0.2) is 32.8 Å². The molecule has 1 amide bonds. The van der Waals surface area contributed by atoms with E-state index in [9.17, 15) is 9.59 Å². The first-order valence-corrected chi connectivity index (χ1v) is 8.95. The van der Waals surface area contributed by atoms with E-state index in [1.807, 2.05) is 51.1 Å². The number of rotatable bonds is 4. The van der Waals surface area contributed by atoms with E-state index in [0.29, 0.717) is 24.8 Å². The number of amides is 1. The van der Waals surface area contributed by atoms with Gasteiger partial charge in [0.15, 0.2) is 0 Å². The number of nitrogens with one attached hydrogen (secondary N) is 1. The molecule has 0 spiro atoms. The summed E-state index contributed by atoms with van der Waals surface area (Å²) >= 11 is 0. The second kappa shape index (κ2) is 6.94. The Morgan fingerprint density at radius 2 is 1.88 bits per heavy atom. The molecule has 0 saturated heterocycles. The summed E-state index contributed by atoms with van der Waals surface area (Å²) in [5.41, 5.74) is 1.88. The van der Waals surface area contributed by atoms with Crippen molar-refractivity contribution in [3.63, 3.8) is 0 Å². The van der Waals surface area contributed by atoms with Crippen molar-refractivity contribution in [2.45, 2.75) is 51.5 Å². The van der Waals surface area contributed by atoms with Crippen molar-refractivity contribution in [2.24, 2.45) is 5.92 Å². The number of carbonyl (C=O) groups is 2.